The van der Waals surface area contributed by atoms with Gasteiger partial charge in [-0.1, -0.05) is 52.9 Å². The number of methoxy groups -OCH3 is 2. The highest BCUT2D eigenvalue weighted by molar-refractivity contribution is 5.90. The molecular formula is C30H42N4O7. The Morgan fingerprint density at radius 1 is 1.10 bits per heavy atom. The van der Waals surface area contributed by atoms with Crippen molar-refractivity contribution in [1.82, 2.24) is 20.2 Å². The fourth-order valence-electron chi connectivity index (χ4n) is 5.33. The third kappa shape index (κ3) is 7.77. The molecule has 41 heavy (non-hydrogen) atoms. The maximum atomic E-state index is 13.6. The molecule has 1 unspecified atom stereocenters. The maximum absolute atomic E-state index is 13.6. The third-order valence-corrected chi connectivity index (χ3v) is 7.81. The molecule has 224 valence electrons. The summed E-state index contributed by atoms with van der Waals surface area (Å²) >= 11 is 0. The zero-order chi connectivity index (χ0) is 29.7. The van der Waals surface area contributed by atoms with Crippen LogP contribution in [0.25, 0.3) is 11.0 Å². The lowest BCUT2D eigenvalue weighted by Gasteiger charge is -2.34. The summed E-state index contributed by atoms with van der Waals surface area (Å²) in [6.45, 7) is 5.36. The van der Waals surface area contributed by atoms with Crippen molar-refractivity contribution >= 4 is 29.0 Å². The molecule has 1 saturated carbocycles. The zero-order valence-corrected chi connectivity index (χ0v) is 24.6. The summed E-state index contributed by atoms with van der Waals surface area (Å²) in [5.74, 6) is 0.827. The summed E-state index contributed by atoms with van der Waals surface area (Å²) in [5, 5.41) is 11.7. The van der Waals surface area contributed by atoms with E-state index in [1.807, 2.05) is 12.1 Å². The monoisotopic (exact) mass is 570 g/mol. The number of aryl methyl sites for hydroxylation is 1. The van der Waals surface area contributed by atoms with Crippen LogP contribution < -0.4 is 14.8 Å². The van der Waals surface area contributed by atoms with Gasteiger partial charge in [-0.25, -0.2) is 19.6 Å². The van der Waals surface area contributed by atoms with Gasteiger partial charge in [-0.15, -0.1) is 0 Å². The molecule has 1 aliphatic carbocycles. The van der Waals surface area contributed by atoms with Gasteiger partial charge in [0.2, 0.25) is 11.8 Å². The molecule has 11 nitrogen and oxygen atoms in total. The first kappa shape index (κ1) is 30.3. The number of rotatable bonds is 12. The molecule has 2 heterocycles. The van der Waals surface area contributed by atoms with Gasteiger partial charge in [0, 0.05) is 12.5 Å². The van der Waals surface area contributed by atoms with Crippen molar-refractivity contribution in [2.24, 2.45) is 11.3 Å². The van der Waals surface area contributed by atoms with E-state index in [2.05, 4.69) is 5.32 Å². The highest BCUT2D eigenvalue weighted by atomic mass is 16.5. The average molecular weight is 571 g/mol. The third-order valence-electron chi connectivity index (χ3n) is 7.81. The lowest BCUT2D eigenvalue weighted by Crippen LogP contribution is -2.56. The van der Waals surface area contributed by atoms with Crippen LogP contribution in [0.3, 0.4) is 0 Å². The van der Waals surface area contributed by atoms with E-state index in [-0.39, 0.29) is 13.0 Å². The topological polar surface area (TPSA) is 140 Å². The van der Waals surface area contributed by atoms with Crippen LogP contribution in [-0.4, -0.2) is 76.9 Å². The molecule has 3 atom stereocenters. The number of fused-ring (bicyclic) bond motifs is 1. The predicted octanol–water partition coefficient (Wildman–Crippen LogP) is 4.35. The molecule has 0 radical (unpaired) electrons. The standard InChI is InChI=1S/C30H42N4O7/c1-30(2,3)25(33-29(37)38)27(35)34-17-20(16-24(34)28(36)40-5)41-26-22(10-8-6-7-9-18-11-12-18)31-21-14-13-19(39-4)15-23(21)32-26/h13-15,18,20,24-25,33H,6-12,16-17H2,1-5H3,(H,37,38)/t20?,24-,25+/m0/s1. The Kier molecular flexibility index (Phi) is 9.55. The molecule has 2 fully saturated rings. The fourth-order valence-corrected chi connectivity index (χ4v) is 5.33. The van der Waals surface area contributed by atoms with Crippen molar-refractivity contribution in [3.8, 4) is 11.6 Å². The fraction of sp³-hybridized carbons (Fsp3) is 0.633. The number of esters is 1. The summed E-state index contributed by atoms with van der Waals surface area (Å²) in [6.07, 6.45) is 6.22. The summed E-state index contributed by atoms with van der Waals surface area (Å²) in [5.41, 5.74) is 1.35. The number of carboxylic acid groups (broad SMARTS) is 1. The van der Waals surface area contributed by atoms with E-state index in [0.29, 0.717) is 23.6 Å². The summed E-state index contributed by atoms with van der Waals surface area (Å²) < 4.78 is 16.7. The summed E-state index contributed by atoms with van der Waals surface area (Å²) in [6, 6.07) is 3.52. The van der Waals surface area contributed by atoms with Gasteiger partial charge in [0.05, 0.1) is 31.8 Å². The van der Waals surface area contributed by atoms with Crippen LogP contribution in [0.2, 0.25) is 0 Å². The van der Waals surface area contributed by atoms with Crippen molar-refractivity contribution < 1.29 is 33.7 Å². The number of carbonyl (C=O) groups is 3. The normalized spacial score (nSPS) is 19.6. The van der Waals surface area contributed by atoms with Gasteiger partial charge < -0.3 is 29.5 Å². The highest BCUT2D eigenvalue weighted by Gasteiger charge is 2.46. The van der Waals surface area contributed by atoms with Gasteiger partial charge >= 0.3 is 12.1 Å². The van der Waals surface area contributed by atoms with E-state index in [4.69, 9.17) is 24.2 Å². The molecule has 2 N–H and O–H groups in total. The number of amides is 2. The second kappa shape index (κ2) is 12.9. The van der Waals surface area contributed by atoms with Crippen LogP contribution in [0.4, 0.5) is 4.79 Å². The molecular weight excluding hydrogens is 528 g/mol. The number of hydrogen-bond donors (Lipinski definition) is 2. The van der Waals surface area contributed by atoms with Crippen LogP contribution in [-0.2, 0) is 20.7 Å². The molecule has 1 aliphatic heterocycles. The molecule has 1 saturated heterocycles. The minimum atomic E-state index is -1.32. The second-order valence-electron chi connectivity index (χ2n) is 12.1. The SMILES string of the molecule is COC(=O)[C@@H]1CC(Oc2nc3cc(OC)ccc3nc2CCCCCC2CC2)CN1C(=O)[C@@H](NC(=O)O)C(C)(C)C. The molecule has 0 bridgehead atoms. The maximum Gasteiger partial charge on any atom is 0.405 e. The number of likely N-dealkylation sites (tertiary alicyclic amines) is 1. The summed E-state index contributed by atoms with van der Waals surface area (Å²) in [4.78, 5) is 48.8. The van der Waals surface area contributed by atoms with Crippen molar-refractivity contribution in [1.29, 1.82) is 0 Å². The smallest absolute Gasteiger partial charge is 0.405 e. The first-order valence-electron chi connectivity index (χ1n) is 14.4. The van der Waals surface area contributed by atoms with E-state index in [1.165, 1.54) is 37.7 Å². The Labute approximate surface area is 240 Å². The Bertz CT molecular complexity index is 1260. The molecule has 1 aromatic heterocycles. The van der Waals surface area contributed by atoms with Gasteiger partial charge in [-0.05, 0) is 36.3 Å². The van der Waals surface area contributed by atoms with Crippen molar-refractivity contribution in [3.63, 3.8) is 0 Å². The van der Waals surface area contributed by atoms with Gasteiger partial charge in [0.1, 0.15) is 29.6 Å². The minimum absolute atomic E-state index is 0.0745. The molecule has 4 rings (SSSR count). The number of benzene rings is 1. The molecule has 11 heteroatoms. The molecule has 2 aliphatic rings. The van der Waals surface area contributed by atoms with Crippen LogP contribution in [0.1, 0.15) is 71.4 Å². The first-order chi connectivity index (χ1) is 19.5. The second-order valence-corrected chi connectivity index (χ2v) is 12.1. The van der Waals surface area contributed by atoms with Crippen molar-refractivity contribution in [3.05, 3.63) is 23.9 Å². The number of unbranched alkanes of at least 4 members (excludes halogenated alkanes) is 2. The predicted molar refractivity (Wildman–Crippen MR) is 152 cm³/mol. The Morgan fingerprint density at radius 2 is 1.85 bits per heavy atom. The summed E-state index contributed by atoms with van der Waals surface area (Å²) in [7, 11) is 2.85. The molecule has 0 spiro atoms. The largest absolute Gasteiger partial charge is 0.497 e. The number of nitrogens with one attached hydrogen (secondary N) is 1. The Morgan fingerprint density at radius 3 is 2.49 bits per heavy atom. The van der Waals surface area contributed by atoms with Crippen LogP contribution in [0, 0.1) is 11.3 Å². The van der Waals surface area contributed by atoms with Crippen molar-refractivity contribution in [2.75, 3.05) is 20.8 Å². The average Bonchev–Trinajstić information content (AvgIpc) is 3.66. The lowest BCUT2D eigenvalue weighted by atomic mass is 9.85. The van der Waals surface area contributed by atoms with E-state index in [9.17, 15) is 19.5 Å². The molecule has 2 aromatic rings. The van der Waals surface area contributed by atoms with Gasteiger partial charge in [-0.2, -0.15) is 0 Å². The van der Waals surface area contributed by atoms with Gasteiger partial charge in [-0.3, -0.25) is 4.79 Å². The van der Waals surface area contributed by atoms with Crippen LogP contribution in [0.15, 0.2) is 18.2 Å². The lowest BCUT2D eigenvalue weighted by molar-refractivity contribution is -0.152. The number of nitrogens with zero attached hydrogens (tertiary/aromatic N) is 3. The Balaban J connectivity index is 1.57. The molecule has 2 amide bonds. The first-order valence-corrected chi connectivity index (χ1v) is 14.4. The molecule has 1 aromatic carbocycles. The van der Waals surface area contributed by atoms with Crippen molar-refractivity contribution in [2.45, 2.75) is 90.3 Å². The quantitative estimate of drug-likeness (QED) is 0.281. The number of aromatic nitrogens is 2. The zero-order valence-electron chi connectivity index (χ0n) is 24.6. The number of hydrogen-bond acceptors (Lipinski definition) is 8. The van der Waals surface area contributed by atoms with E-state index < -0.39 is 41.6 Å². The van der Waals surface area contributed by atoms with Crippen LogP contribution in [0.5, 0.6) is 11.6 Å². The highest BCUT2D eigenvalue weighted by Crippen LogP contribution is 2.34. The van der Waals surface area contributed by atoms with Gasteiger partial charge in [0.25, 0.3) is 0 Å². The van der Waals surface area contributed by atoms with E-state index in [0.717, 1.165) is 30.0 Å². The number of ether oxygens (including phenoxy) is 3. The minimum Gasteiger partial charge on any atom is -0.497 e. The Hall–Kier alpha value is -3.63. The van der Waals surface area contributed by atoms with Gasteiger partial charge in [0.15, 0.2) is 0 Å². The van der Waals surface area contributed by atoms with Crippen LogP contribution >= 0.6 is 0 Å². The number of carbonyl (C=O) groups excluding carboxylic acids is 2. The van der Waals surface area contributed by atoms with E-state index >= 15 is 0 Å². The van der Waals surface area contributed by atoms with E-state index in [1.54, 1.807) is 33.9 Å².